The van der Waals surface area contributed by atoms with Crippen LogP contribution in [-0.4, -0.2) is 138 Å². The summed E-state index contributed by atoms with van der Waals surface area (Å²) < 4.78 is 46.9. The molecule has 4 aliphatic rings. The maximum Gasteiger partial charge on any atom is 0.329 e. The number of aliphatic hydroxyl groups is 2. The van der Waals surface area contributed by atoms with E-state index in [0.29, 0.717) is 55.1 Å². The van der Waals surface area contributed by atoms with E-state index >= 15 is 9.59 Å². The zero-order chi connectivity index (χ0) is 58.1. The first kappa shape index (κ1) is 67.4. The highest BCUT2D eigenvalue weighted by molar-refractivity contribution is 6.78. The number of hydrogen-bond acceptors (Lipinski definition) is 12. The molecule has 3 heterocycles. The van der Waals surface area contributed by atoms with Crippen molar-refractivity contribution >= 4 is 34.3 Å². The normalized spacial score (nSPS) is 35.3. The molecule has 15 unspecified atom stereocenters. The number of hydrogen-bond donors (Lipinski definition) is 2. The van der Waals surface area contributed by atoms with Gasteiger partial charge in [0, 0.05) is 52.0 Å². The van der Waals surface area contributed by atoms with Crippen molar-refractivity contribution < 1.29 is 57.1 Å². The highest BCUT2D eigenvalue weighted by Crippen LogP contribution is 2.48. The number of esters is 1. The Labute approximate surface area is 470 Å². The lowest BCUT2D eigenvalue weighted by molar-refractivity contribution is -0.346. The number of aliphatic hydroxyl groups excluding tert-OH is 1. The Morgan fingerprint density at radius 3 is 1.81 bits per heavy atom. The van der Waals surface area contributed by atoms with Crippen LogP contribution in [0.25, 0.3) is 0 Å². The minimum atomic E-state index is -2.69. The molecule has 4 rings (SSSR count). The van der Waals surface area contributed by atoms with Gasteiger partial charge in [0.05, 0.1) is 30.5 Å². The second kappa shape index (κ2) is 29.3. The van der Waals surface area contributed by atoms with Crippen molar-refractivity contribution in [3.8, 4) is 0 Å². The third-order valence-electron chi connectivity index (χ3n) is 19.1. The van der Waals surface area contributed by atoms with Crippen LogP contribution in [0.4, 0.5) is 0 Å². The number of ketones is 1. The number of amides is 1. The van der Waals surface area contributed by atoms with Crippen LogP contribution in [0.1, 0.15) is 188 Å². The van der Waals surface area contributed by atoms with Gasteiger partial charge in [0.1, 0.15) is 24.0 Å². The largest absolute Gasteiger partial charge is 0.456 e. The second-order valence-electron chi connectivity index (χ2n) is 26.2. The van der Waals surface area contributed by atoms with E-state index in [1.807, 2.05) is 13.0 Å². The van der Waals surface area contributed by atoms with E-state index in [2.05, 4.69) is 123 Å². The molecule has 1 saturated carbocycles. The van der Waals surface area contributed by atoms with E-state index in [4.69, 9.17) is 32.5 Å². The van der Waals surface area contributed by atoms with E-state index in [1.54, 1.807) is 28.3 Å². The summed E-state index contributed by atoms with van der Waals surface area (Å²) in [7, 11) is 0.0540. The molecule has 2 saturated heterocycles. The summed E-state index contributed by atoms with van der Waals surface area (Å²) >= 11 is 0. The minimum Gasteiger partial charge on any atom is -0.456 e. The molecule has 1 aliphatic carbocycles. The maximum absolute atomic E-state index is 15.3. The van der Waals surface area contributed by atoms with Crippen LogP contribution in [0, 0.1) is 29.6 Å². The van der Waals surface area contributed by atoms with E-state index < -0.39 is 94.7 Å². The van der Waals surface area contributed by atoms with E-state index in [-0.39, 0.29) is 65.8 Å². The Morgan fingerprint density at radius 1 is 0.753 bits per heavy atom. The number of nitrogens with zero attached hydrogens (tertiary/aromatic N) is 1. The van der Waals surface area contributed by atoms with Gasteiger partial charge in [-0.05, 0) is 129 Å². The van der Waals surface area contributed by atoms with Crippen molar-refractivity contribution in [3.63, 3.8) is 0 Å². The highest BCUT2D eigenvalue weighted by Gasteiger charge is 2.57. The Balaban J connectivity index is 1.95. The molecule has 3 fully saturated rings. The number of fused-ring (bicyclic) bond motifs is 3. The molecule has 13 nitrogen and oxygen atoms in total. The predicted molar refractivity (Wildman–Crippen MR) is 313 cm³/mol. The van der Waals surface area contributed by atoms with Gasteiger partial charge in [-0.3, -0.25) is 9.59 Å². The number of rotatable bonds is 17. The van der Waals surface area contributed by atoms with Crippen LogP contribution in [0.2, 0.25) is 33.2 Å². The highest BCUT2D eigenvalue weighted by atomic mass is 28.4. The third kappa shape index (κ3) is 15.3. The summed E-state index contributed by atoms with van der Waals surface area (Å²) in [4.78, 5) is 46.8. The number of allylic oxidation sites excluding steroid dienone is 4. The summed E-state index contributed by atoms with van der Waals surface area (Å²) in [5.74, 6) is -5.27. The Bertz CT molecular complexity index is 1930. The van der Waals surface area contributed by atoms with Crippen molar-refractivity contribution in [1.29, 1.82) is 0 Å². The van der Waals surface area contributed by atoms with E-state index in [0.717, 1.165) is 30.4 Å². The average molecular weight is 1120 g/mol. The first-order chi connectivity index (χ1) is 36.0. The molecule has 0 aromatic rings. The molecule has 0 aromatic heterocycles. The number of ether oxygens (including phenoxy) is 5. The van der Waals surface area contributed by atoms with Gasteiger partial charge in [0.15, 0.2) is 6.10 Å². The SMILES string of the molecule is C=CCC1/C=C(\C)CC(C)CC(OC)C2OC(O)(C(C)CC2OC)C(O)C(=O)N2CCCCC2C(=O)OC(C(C)=CC2CCC(O[Si](C(C)C)(C(C)C)C(C)C)C(OC)C2)C(C)C(O[Si](C(C)C)(C(C)C)C(C)C)CC1=O. The van der Waals surface area contributed by atoms with Crippen molar-refractivity contribution in [2.75, 3.05) is 27.9 Å². The summed E-state index contributed by atoms with van der Waals surface area (Å²) in [5, 5.41) is 24.7. The molecule has 0 spiro atoms. The average Bonchev–Trinajstić information content (AvgIpc) is 3.36. The first-order valence-electron chi connectivity index (χ1n) is 30.0. The Kier molecular flexibility index (Phi) is 25.6. The lowest BCUT2D eigenvalue weighted by Gasteiger charge is -2.49. The maximum atomic E-state index is 15.3. The Morgan fingerprint density at radius 2 is 1.29 bits per heavy atom. The summed E-state index contributed by atoms with van der Waals surface area (Å²) in [6.45, 7) is 41.6. The quantitative estimate of drug-likeness (QED) is 0.0807. The zero-order valence-corrected chi connectivity index (χ0v) is 53.9. The predicted octanol–water partition coefficient (Wildman–Crippen LogP) is 12.8. The lowest BCUT2D eigenvalue weighted by Crippen LogP contribution is -2.66. The number of carbonyl (C=O) groups excluding carboxylic acids is 3. The Hall–Kier alpha value is -2.06. The lowest BCUT2D eigenvalue weighted by atomic mass is 9.81. The van der Waals surface area contributed by atoms with Crippen molar-refractivity contribution in [1.82, 2.24) is 4.90 Å². The van der Waals surface area contributed by atoms with Crippen LogP contribution in [0.5, 0.6) is 0 Å². The number of Topliss-reactive ketones (excluding diaryl/α,β-unsaturated/α-hetero) is 1. The summed E-state index contributed by atoms with van der Waals surface area (Å²) in [6.07, 6.45) is 6.50. The smallest absolute Gasteiger partial charge is 0.329 e. The second-order valence-corrected chi connectivity index (χ2v) is 37.1. The number of carbonyl (C=O) groups is 3. The monoisotopic (exact) mass is 1120 g/mol. The zero-order valence-electron chi connectivity index (χ0n) is 51.9. The molecule has 2 N–H and O–H groups in total. The summed E-state index contributed by atoms with van der Waals surface area (Å²) in [5.41, 5.74) is 3.80. The topological polar surface area (TPSA) is 160 Å². The number of piperidine rings is 1. The third-order valence-corrected chi connectivity index (χ3v) is 31.4. The minimum absolute atomic E-state index is 0.0374. The fraction of sp³-hybridized carbons (Fsp3) is 0.855. The van der Waals surface area contributed by atoms with Crippen LogP contribution in [-0.2, 0) is 46.9 Å². The molecule has 15 atom stereocenters. The molecule has 77 heavy (non-hydrogen) atoms. The van der Waals surface area contributed by atoms with Crippen molar-refractivity contribution in [3.05, 3.63) is 36.0 Å². The fourth-order valence-electron chi connectivity index (χ4n) is 15.2. The van der Waals surface area contributed by atoms with Crippen LogP contribution in [0.15, 0.2) is 36.0 Å². The molecule has 2 bridgehead atoms. The molecule has 0 radical (unpaired) electrons. The van der Waals surface area contributed by atoms with Gasteiger partial charge in [0.2, 0.25) is 22.4 Å². The van der Waals surface area contributed by atoms with Crippen LogP contribution in [0.3, 0.4) is 0 Å². The van der Waals surface area contributed by atoms with E-state index in [1.165, 1.54) is 4.90 Å². The number of cyclic esters (lactones) is 1. The van der Waals surface area contributed by atoms with Gasteiger partial charge in [-0.1, -0.05) is 128 Å². The first-order valence-corrected chi connectivity index (χ1v) is 34.3. The molecular formula is C62H111NO12Si2. The van der Waals surface area contributed by atoms with Gasteiger partial charge in [-0.15, -0.1) is 6.58 Å². The van der Waals surface area contributed by atoms with E-state index in [9.17, 15) is 15.0 Å². The standard InChI is InChI=1S/C62H111NO12Si2/c1-22-25-49-31-43(14)30-44(15)32-55(70-20)58-56(71-21)34-46(17)62(68,73-58)59(65)60(66)63-29-24-23-26-50(63)61(67)72-57(47(18)53(36-51(49)64)75-77(40(8)9,41(10)11)42(12)13)45(16)33-48-27-28-52(54(35-48)69-19)74-76(37(2)3,38(4)5)39(6)7/h22,31,33,37-42,44,46-50,52-59,65,68H,1,23-30,32,34-36H2,2-21H3/b43-31+,45-33?. The van der Waals surface area contributed by atoms with Gasteiger partial charge >= 0.3 is 5.97 Å². The molecule has 3 aliphatic heterocycles. The van der Waals surface area contributed by atoms with Gasteiger partial charge in [0.25, 0.3) is 5.91 Å². The van der Waals surface area contributed by atoms with Gasteiger partial charge < -0.3 is 47.6 Å². The van der Waals surface area contributed by atoms with Gasteiger partial charge in [-0.2, -0.15) is 0 Å². The molecule has 444 valence electrons. The van der Waals surface area contributed by atoms with Crippen molar-refractivity contribution in [2.24, 2.45) is 29.6 Å². The van der Waals surface area contributed by atoms with Gasteiger partial charge in [-0.25, -0.2) is 4.79 Å². The molecule has 0 aromatic carbocycles. The summed E-state index contributed by atoms with van der Waals surface area (Å²) in [6, 6.07) is -1.06. The van der Waals surface area contributed by atoms with Crippen LogP contribution < -0.4 is 0 Å². The molecule has 15 heteroatoms. The van der Waals surface area contributed by atoms with Crippen molar-refractivity contribution in [2.45, 2.75) is 282 Å². The molecule has 1 amide bonds. The fourth-order valence-corrected chi connectivity index (χ4v) is 26.4. The molecular weight excluding hydrogens is 1010 g/mol. The van der Waals surface area contributed by atoms with Crippen LogP contribution >= 0.6 is 0 Å². The number of methoxy groups -OCH3 is 3.